The number of hydrogen-bond acceptors (Lipinski definition) is 2. The summed E-state index contributed by atoms with van der Waals surface area (Å²) in [5, 5.41) is 17.2. The van der Waals surface area contributed by atoms with Gasteiger partial charge in [-0.25, -0.2) is 8.78 Å². The molecule has 5 heteroatoms. The van der Waals surface area contributed by atoms with Crippen molar-refractivity contribution in [2.45, 2.75) is 6.92 Å². The van der Waals surface area contributed by atoms with Gasteiger partial charge in [-0.05, 0) is 24.5 Å². The van der Waals surface area contributed by atoms with Crippen molar-refractivity contribution in [1.29, 1.82) is 0 Å². The molecule has 0 radical (unpaired) electrons. The molecule has 0 unspecified atom stereocenters. The van der Waals surface area contributed by atoms with E-state index >= 15 is 0 Å². The van der Waals surface area contributed by atoms with Crippen LogP contribution < -0.4 is 5.46 Å². The summed E-state index contributed by atoms with van der Waals surface area (Å²) in [7, 11) is -1.84. The average Bonchev–Trinajstić information content (AvgIpc) is 1.99. The molecule has 1 rings (SSSR count). The Labute approximate surface area is 68.6 Å². The van der Waals surface area contributed by atoms with Crippen LogP contribution in [0, 0.1) is 18.6 Å². The molecule has 1 aromatic carbocycles. The maximum absolute atomic E-state index is 12.7. The molecule has 0 aliphatic rings. The Bertz CT molecular complexity index is 278. The van der Waals surface area contributed by atoms with Crippen molar-refractivity contribution in [3.63, 3.8) is 0 Å². The van der Waals surface area contributed by atoms with E-state index in [1.807, 2.05) is 0 Å². The van der Waals surface area contributed by atoms with E-state index in [0.717, 1.165) is 12.1 Å². The highest BCUT2D eigenvalue weighted by atomic mass is 19.1. The van der Waals surface area contributed by atoms with E-state index in [0.29, 0.717) is 0 Å². The molecule has 2 nitrogen and oxygen atoms in total. The standard InChI is InChI=1S/C7H7BF2O2/c1-4-6(9)2-5(8(11)12)3-7(4)10/h2-3,11-12H,1H3. The van der Waals surface area contributed by atoms with Gasteiger partial charge in [0.05, 0.1) is 0 Å². The summed E-state index contributed by atoms with van der Waals surface area (Å²) in [6.07, 6.45) is 0. The molecule has 0 fully saturated rings. The molecule has 0 aliphatic carbocycles. The van der Waals surface area contributed by atoms with E-state index in [9.17, 15) is 8.78 Å². The monoisotopic (exact) mass is 172 g/mol. The van der Waals surface area contributed by atoms with Crippen LogP contribution >= 0.6 is 0 Å². The van der Waals surface area contributed by atoms with Crippen molar-refractivity contribution >= 4 is 12.6 Å². The molecule has 0 saturated carbocycles. The Kier molecular flexibility index (Phi) is 2.44. The summed E-state index contributed by atoms with van der Waals surface area (Å²) >= 11 is 0. The Morgan fingerprint density at radius 2 is 1.58 bits per heavy atom. The number of rotatable bonds is 1. The highest BCUT2D eigenvalue weighted by Crippen LogP contribution is 2.08. The van der Waals surface area contributed by atoms with Crippen molar-refractivity contribution in [3.8, 4) is 0 Å². The van der Waals surface area contributed by atoms with Gasteiger partial charge in [-0.15, -0.1) is 0 Å². The van der Waals surface area contributed by atoms with Crippen molar-refractivity contribution in [2.24, 2.45) is 0 Å². The van der Waals surface area contributed by atoms with Gasteiger partial charge in [0.2, 0.25) is 0 Å². The zero-order chi connectivity index (χ0) is 9.30. The highest BCUT2D eigenvalue weighted by Gasteiger charge is 2.15. The second kappa shape index (κ2) is 3.20. The van der Waals surface area contributed by atoms with Crippen LogP contribution in [0.3, 0.4) is 0 Å². The van der Waals surface area contributed by atoms with Crippen LogP contribution in [0.2, 0.25) is 0 Å². The third-order valence-electron chi connectivity index (χ3n) is 1.60. The molecule has 0 saturated heterocycles. The predicted octanol–water partition coefficient (Wildman–Crippen LogP) is -0.0470. The van der Waals surface area contributed by atoms with Gasteiger partial charge in [0.1, 0.15) is 11.6 Å². The van der Waals surface area contributed by atoms with E-state index in [1.54, 1.807) is 0 Å². The largest absolute Gasteiger partial charge is 0.488 e. The number of halogens is 2. The van der Waals surface area contributed by atoms with Crippen molar-refractivity contribution in [3.05, 3.63) is 29.3 Å². The van der Waals surface area contributed by atoms with E-state index in [2.05, 4.69) is 0 Å². The van der Waals surface area contributed by atoms with Crippen LogP contribution in [0.4, 0.5) is 8.78 Å². The summed E-state index contributed by atoms with van der Waals surface area (Å²) in [5.74, 6) is -1.56. The molecular formula is C7H7BF2O2. The Morgan fingerprint density at radius 3 is 1.92 bits per heavy atom. The molecule has 0 atom stereocenters. The Morgan fingerprint density at radius 1 is 1.17 bits per heavy atom. The van der Waals surface area contributed by atoms with Crippen LogP contribution in [0.25, 0.3) is 0 Å². The first-order chi connectivity index (χ1) is 5.52. The summed E-state index contributed by atoms with van der Waals surface area (Å²) in [6, 6.07) is 1.78. The lowest BCUT2D eigenvalue weighted by atomic mass is 9.80. The molecule has 12 heavy (non-hydrogen) atoms. The minimum absolute atomic E-state index is 0.126. The van der Waals surface area contributed by atoms with Crippen LogP contribution in [0.1, 0.15) is 5.56 Å². The quantitative estimate of drug-likeness (QED) is 0.583. The molecule has 2 N–H and O–H groups in total. The second-order valence-corrected chi connectivity index (χ2v) is 2.48. The average molecular weight is 172 g/mol. The third-order valence-corrected chi connectivity index (χ3v) is 1.60. The van der Waals surface area contributed by atoms with Crippen LogP contribution in [0.5, 0.6) is 0 Å². The fraction of sp³-hybridized carbons (Fsp3) is 0.143. The van der Waals surface area contributed by atoms with Crippen LogP contribution in [0.15, 0.2) is 12.1 Å². The summed E-state index contributed by atoms with van der Waals surface area (Å²) < 4.78 is 25.5. The van der Waals surface area contributed by atoms with Gasteiger partial charge in [-0.1, -0.05) is 0 Å². The first kappa shape index (κ1) is 9.16. The van der Waals surface area contributed by atoms with Gasteiger partial charge in [0.25, 0.3) is 0 Å². The van der Waals surface area contributed by atoms with E-state index in [4.69, 9.17) is 10.0 Å². The summed E-state index contributed by atoms with van der Waals surface area (Å²) in [5.41, 5.74) is -0.310. The van der Waals surface area contributed by atoms with Crippen molar-refractivity contribution in [1.82, 2.24) is 0 Å². The zero-order valence-electron chi connectivity index (χ0n) is 6.38. The van der Waals surface area contributed by atoms with Gasteiger partial charge in [0, 0.05) is 5.56 Å². The molecule has 0 aliphatic heterocycles. The summed E-state index contributed by atoms with van der Waals surface area (Å²) in [4.78, 5) is 0. The second-order valence-electron chi connectivity index (χ2n) is 2.48. The fourth-order valence-corrected chi connectivity index (χ4v) is 0.814. The van der Waals surface area contributed by atoms with Gasteiger partial charge in [0.15, 0.2) is 0 Å². The minimum atomic E-state index is -1.84. The van der Waals surface area contributed by atoms with Crippen molar-refractivity contribution in [2.75, 3.05) is 0 Å². The van der Waals surface area contributed by atoms with Gasteiger partial charge in [-0.2, -0.15) is 0 Å². The minimum Gasteiger partial charge on any atom is -0.423 e. The normalized spacial score (nSPS) is 10.1. The van der Waals surface area contributed by atoms with Gasteiger partial charge < -0.3 is 10.0 Å². The molecule has 0 spiro atoms. The first-order valence-corrected chi connectivity index (χ1v) is 3.34. The molecular weight excluding hydrogens is 165 g/mol. The number of benzene rings is 1. The van der Waals surface area contributed by atoms with Crippen LogP contribution in [-0.4, -0.2) is 17.2 Å². The Hall–Kier alpha value is -0.935. The lowest BCUT2D eigenvalue weighted by molar-refractivity contribution is 0.424. The highest BCUT2D eigenvalue weighted by molar-refractivity contribution is 6.58. The molecule has 0 heterocycles. The van der Waals surface area contributed by atoms with Gasteiger partial charge in [-0.3, -0.25) is 0 Å². The molecule has 0 amide bonds. The lowest BCUT2D eigenvalue weighted by Crippen LogP contribution is -2.30. The third kappa shape index (κ3) is 1.62. The zero-order valence-corrected chi connectivity index (χ0v) is 6.38. The molecule has 64 valence electrons. The Balaban J connectivity index is 3.21. The molecule has 1 aromatic rings. The maximum Gasteiger partial charge on any atom is 0.488 e. The SMILES string of the molecule is Cc1c(F)cc(B(O)O)cc1F. The number of hydrogen-bond donors (Lipinski definition) is 2. The summed E-state index contributed by atoms with van der Waals surface area (Å²) in [6.45, 7) is 1.28. The molecule has 0 bridgehead atoms. The predicted molar refractivity (Wildman–Crippen MR) is 40.9 cm³/mol. The fourth-order valence-electron chi connectivity index (χ4n) is 0.814. The topological polar surface area (TPSA) is 40.5 Å². The maximum atomic E-state index is 12.7. The van der Waals surface area contributed by atoms with E-state index < -0.39 is 18.8 Å². The van der Waals surface area contributed by atoms with E-state index in [-0.39, 0.29) is 11.0 Å². The first-order valence-electron chi connectivity index (χ1n) is 3.34. The van der Waals surface area contributed by atoms with Gasteiger partial charge >= 0.3 is 7.12 Å². The van der Waals surface area contributed by atoms with Crippen molar-refractivity contribution < 1.29 is 18.8 Å². The lowest BCUT2D eigenvalue weighted by Gasteiger charge is -2.02. The smallest absolute Gasteiger partial charge is 0.423 e. The van der Waals surface area contributed by atoms with E-state index in [1.165, 1.54) is 6.92 Å². The molecule has 0 aromatic heterocycles. The van der Waals surface area contributed by atoms with Crippen LogP contribution in [-0.2, 0) is 0 Å².